The van der Waals surface area contributed by atoms with E-state index in [0.29, 0.717) is 38.7 Å². The van der Waals surface area contributed by atoms with Gasteiger partial charge in [-0.05, 0) is 85.4 Å². The highest BCUT2D eigenvalue weighted by atomic mass is 35.5. The minimum atomic E-state index is -0.806. The SMILES string of the molecule is Cc1cnc(-c2cccc(-c3csnc3C)c2F)c(F)c1-n1c(C)cc([C@H]2C[C@@H]2c2cncc(Cl)c2)c(Cl)c1=O. The van der Waals surface area contributed by atoms with Gasteiger partial charge in [-0.25, -0.2) is 8.78 Å². The molecular formula is C30H22Cl2F2N4OS. The van der Waals surface area contributed by atoms with Crippen LogP contribution in [0.3, 0.4) is 0 Å². The number of aryl methyl sites for hydroxylation is 3. The van der Waals surface area contributed by atoms with Gasteiger partial charge in [0.25, 0.3) is 5.56 Å². The van der Waals surface area contributed by atoms with Crippen LogP contribution in [0, 0.1) is 32.4 Å². The molecule has 40 heavy (non-hydrogen) atoms. The molecule has 0 saturated heterocycles. The van der Waals surface area contributed by atoms with Crippen molar-refractivity contribution >= 4 is 34.7 Å². The zero-order chi connectivity index (χ0) is 28.3. The number of hydrogen-bond donors (Lipinski definition) is 0. The Bertz CT molecular complexity index is 1870. The molecule has 6 rings (SSSR count). The third-order valence-electron chi connectivity index (χ3n) is 7.40. The van der Waals surface area contributed by atoms with Crippen molar-refractivity contribution in [2.45, 2.75) is 39.0 Å². The number of aromatic nitrogens is 4. The molecule has 4 heterocycles. The molecule has 1 saturated carbocycles. The predicted octanol–water partition coefficient (Wildman–Crippen LogP) is 8.20. The molecule has 0 aliphatic heterocycles. The van der Waals surface area contributed by atoms with Gasteiger partial charge >= 0.3 is 0 Å². The van der Waals surface area contributed by atoms with Crippen LogP contribution >= 0.6 is 34.7 Å². The summed E-state index contributed by atoms with van der Waals surface area (Å²) >= 11 is 14.0. The molecule has 1 aliphatic carbocycles. The second kappa shape index (κ2) is 10.2. The van der Waals surface area contributed by atoms with Crippen LogP contribution in [-0.2, 0) is 0 Å². The zero-order valence-electron chi connectivity index (χ0n) is 21.7. The van der Waals surface area contributed by atoms with E-state index in [4.69, 9.17) is 23.2 Å². The molecule has 0 amide bonds. The van der Waals surface area contributed by atoms with E-state index in [1.54, 1.807) is 50.7 Å². The molecule has 5 aromatic rings. The van der Waals surface area contributed by atoms with Crippen molar-refractivity contribution < 1.29 is 8.78 Å². The van der Waals surface area contributed by atoms with Crippen molar-refractivity contribution in [3.05, 3.63) is 114 Å². The highest BCUT2D eigenvalue weighted by Crippen LogP contribution is 2.56. The van der Waals surface area contributed by atoms with Crippen LogP contribution in [0.25, 0.3) is 28.1 Å². The first-order valence-electron chi connectivity index (χ1n) is 12.6. The molecule has 0 unspecified atom stereocenters. The Morgan fingerprint density at radius 3 is 2.48 bits per heavy atom. The first kappa shape index (κ1) is 26.7. The topological polar surface area (TPSA) is 60.7 Å². The van der Waals surface area contributed by atoms with E-state index in [1.165, 1.54) is 28.4 Å². The largest absolute Gasteiger partial charge is 0.277 e. The van der Waals surface area contributed by atoms with Crippen LogP contribution in [0.4, 0.5) is 8.78 Å². The van der Waals surface area contributed by atoms with Crippen LogP contribution < -0.4 is 5.56 Å². The van der Waals surface area contributed by atoms with Gasteiger partial charge in [-0.1, -0.05) is 35.3 Å². The van der Waals surface area contributed by atoms with E-state index in [9.17, 15) is 4.79 Å². The van der Waals surface area contributed by atoms with Gasteiger partial charge < -0.3 is 0 Å². The minimum absolute atomic E-state index is 0.00813. The molecule has 1 aliphatic rings. The highest BCUT2D eigenvalue weighted by Gasteiger charge is 2.42. The number of nitrogens with zero attached hydrogens (tertiary/aromatic N) is 4. The highest BCUT2D eigenvalue weighted by molar-refractivity contribution is 7.04. The maximum Gasteiger partial charge on any atom is 0.274 e. The molecular weight excluding hydrogens is 573 g/mol. The fourth-order valence-electron chi connectivity index (χ4n) is 5.32. The van der Waals surface area contributed by atoms with Crippen LogP contribution in [0.5, 0.6) is 0 Å². The van der Waals surface area contributed by atoms with E-state index in [2.05, 4.69) is 14.3 Å². The first-order chi connectivity index (χ1) is 19.2. The van der Waals surface area contributed by atoms with E-state index >= 15 is 8.78 Å². The summed E-state index contributed by atoms with van der Waals surface area (Å²) in [5.74, 6) is -1.25. The van der Waals surface area contributed by atoms with E-state index in [0.717, 1.165) is 12.0 Å². The molecule has 0 spiro atoms. The zero-order valence-corrected chi connectivity index (χ0v) is 24.0. The van der Waals surface area contributed by atoms with Crippen molar-refractivity contribution in [1.82, 2.24) is 18.9 Å². The third-order valence-corrected chi connectivity index (χ3v) is 8.71. The summed E-state index contributed by atoms with van der Waals surface area (Å²) in [5.41, 5.74) is 3.48. The summed E-state index contributed by atoms with van der Waals surface area (Å²) in [6.07, 6.45) is 5.57. The summed E-state index contributed by atoms with van der Waals surface area (Å²) < 4.78 is 37.5. The van der Waals surface area contributed by atoms with Gasteiger partial charge in [0.05, 0.1) is 16.4 Å². The summed E-state index contributed by atoms with van der Waals surface area (Å²) in [4.78, 5) is 22.0. The quantitative estimate of drug-likeness (QED) is 0.206. The Morgan fingerprint density at radius 2 is 1.75 bits per heavy atom. The molecule has 0 bridgehead atoms. The molecule has 0 N–H and O–H groups in total. The lowest BCUT2D eigenvalue weighted by atomic mass is 10.00. The minimum Gasteiger partial charge on any atom is -0.277 e. The fraction of sp³-hybridized carbons (Fsp3) is 0.200. The Balaban J connectivity index is 1.44. The van der Waals surface area contributed by atoms with Crippen molar-refractivity contribution in [2.75, 3.05) is 0 Å². The fourth-order valence-corrected chi connectivity index (χ4v) is 6.49. The van der Waals surface area contributed by atoms with Crippen molar-refractivity contribution in [3.63, 3.8) is 0 Å². The van der Waals surface area contributed by atoms with Gasteiger partial charge in [-0.15, -0.1) is 0 Å². The van der Waals surface area contributed by atoms with Crippen LogP contribution in [0.2, 0.25) is 10.0 Å². The lowest BCUT2D eigenvalue weighted by molar-refractivity contribution is 0.602. The maximum atomic E-state index is 16.3. The second-order valence-electron chi connectivity index (χ2n) is 10.0. The predicted molar refractivity (Wildman–Crippen MR) is 155 cm³/mol. The number of benzene rings is 1. The standard InChI is InChI=1S/C30H22Cl2F2N4OS/c1-14-10-36-28(20-6-4-5-19(26(20)33)24-13-40-37-16(24)3)27(34)29(14)38-15(2)7-23(25(32)30(38)39)22-9-21(22)17-8-18(31)12-35-11-17/h4-8,10-13,21-22H,9H2,1-3H3/t21-,22+/m1/s1. The lowest BCUT2D eigenvalue weighted by Crippen LogP contribution is -2.24. The van der Waals surface area contributed by atoms with Crippen molar-refractivity contribution in [3.8, 4) is 28.1 Å². The van der Waals surface area contributed by atoms with Gasteiger partial charge in [-0.2, -0.15) is 4.37 Å². The Morgan fingerprint density at radius 1 is 0.975 bits per heavy atom. The van der Waals surface area contributed by atoms with Crippen molar-refractivity contribution in [2.24, 2.45) is 0 Å². The van der Waals surface area contributed by atoms with Gasteiger partial charge in [0, 0.05) is 46.4 Å². The Kier molecular flexibility index (Phi) is 6.81. The van der Waals surface area contributed by atoms with Crippen LogP contribution in [0.1, 0.15) is 46.3 Å². The summed E-state index contributed by atoms with van der Waals surface area (Å²) in [6.45, 7) is 5.17. The molecule has 0 radical (unpaired) electrons. The molecule has 5 nitrogen and oxygen atoms in total. The van der Waals surface area contributed by atoms with Crippen molar-refractivity contribution in [1.29, 1.82) is 0 Å². The number of pyridine rings is 3. The van der Waals surface area contributed by atoms with Gasteiger partial charge in [0.15, 0.2) is 5.82 Å². The number of hydrogen-bond acceptors (Lipinski definition) is 5. The molecule has 1 fully saturated rings. The summed E-state index contributed by atoms with van der Waals surface area (Å²) in [7, 11) is 0. The van der Waals surface area contributed by atoms with E-state index < -0.39 is 17.2 Å². The molecule has 4 aromatic heterocycles. The normalized spacial score (nSPS) is 16.4. The summed E-state index contributed by atoms with van der Waals surface area (Å²) in [5, 5.41) is 2.32. The Labute approximate surface area is 243 Å². The number of halogens is 4. The van der Waals surface area contributed by atoms with Crippen LogP contribution in [0.15, 0.2) is 59.1 Å². The van der Waals surface area contributed by atoms with Gasteiger partial charge in [0.2, 0.25) is 0 Å². The Hall–Kier alpha value is -3.46. The first-order valence-corrected chi connectivity index (χ1v) is 14.1. The van der Waals surface area contributed by atoms with Gasteiger partial charge in [0.1, 0.15) is 16.5 Å². The van der Waals surface area contributed by atoms with Crippen LogP contribution in [-0.4, -0.2) is 18.9 Å². The third kappa shape index (κ3) is 4.44. The maximum absolute atomic E-state index is 16.3. The second-order valence-corrected chi connectivity index (χ2v) is 11.5. The summed E-state index contributed by atoms with van der Waals surface area (Å²) in [6, 6.07) is 8.43. The number of rotatable bonds is 5. The average molecular weight is 596 g/mol. The molecule has 202 valence electrons. The lowest BCUT2D eigenvalue weighted by Gasteiger charge is -2.18. The average Bonchev–Trinajstić information content (AvgIpc) is 3.61. The smallest absolute Gasteiger partial charge is 0.274 e. The molecule has 1 aromatic carbocycles. The monoisotopic (exact) mass is 594 g/mol. The molecule has 10 heteroatoms. The van der Waals surface area contributed by atoms with E-state index in [-0.39, 0.29) is 33.8 Å². The molecule has 2 atom stereocenters. The van der Waals surface area contributed by atoms with E-state index in [1.807, 2.05) is 12.1 Å². The van der Waals surface area contributed by atoms with Gasteiger partial charge in [-0.3, -0.25) is 19.3 Å².